The van der Waals surface area contributed by atoms with Crippen molar-refractivity contribution in [2.75, 3.05) is 7.11 Å². The van der Waals surface area contributed by atoms with E-state index in [2.05, 4.69) is 4.74 Å². The van der Waals surface area contributed by atoms with Crippen LogP contribution >= 0.6 is 0 Å². The maximum Gasteiger partial charge on any atom is 0.513 e. The lowest BCUT2D eigenvalue weighted by Gasteiger charge is -2.13. The van der Waals surface area contributed by atoms with Crippen LogP contribution in [-0.2, 0) is 26.4 Å². The van der Waals surface area contributed by atoms with Crippen molar-refractivity contribution in [3.63, 3.8) is 0 Å². The Morgan fingerprint density at radius 2 is 2.05 bits per heavy atom. The SMILES string of the molecule is COC(=O)OC1=C([S+]([O-])Cc2ccccc2)CCC1. The van der Waals surface area contributed by atoms with Crippen LogP contribution in [0.3, 0.4) is 0 Å². The predicted octanol–water partition coefficient (Wildman–Crippen LogP) is 3.11. The normalized spacial score (nSPS) is 16.3. The topological polar surface area (TPSA) is 58.6 Å². The Hall–Kier alpha value is -1.46. The van der Waals surface area contributed by atoms with Crippen molar-refractivity contribution in [3.05, 3.63) is 46.6 Å². The van der Waals surface area contributed by atoms with Crippen LogP contribution in [0.2, 0.25) is 0 Å². The molecule has 1 aromatic rings. The van der Waals surface area contributed by atoms with Crippen LogP contribution < -0.4 is 0 Å². The highest BCUT2D eigenvalue weighted by molar-refractivity contribution is 7.94. The molecule has 2 rings (SSSR count). The molecule has 1 atom stereocenters. The van der Waals surface area contributed by atoms with Crippen molar-refractivity contribution < 1.29 is 18.8 Å². The maximum atomic E-state index is 12.3. The second kappa shape index (κ2) is 6.63. The zero-order valence-electron chi connectivity index (χ0n) is 10.8. The second-order valence-corrected chi connectivity index (χ2v) is 5.70. The van der Waals surface area contributed by atoms with E-state index in [1.165, 1.54) is 7.11 Å². The number of allylic oxidation sites excluding steroid dienone is 2. The molecule has 102 valence electrons. The van der Waals surface area contributed by atoms with E-state index in [4.69, 9.17) is 4.74 Å². The highest BCUT2D eigenvalue weighted by Gasteiger charge is 2.28. The molecule has 0 bridgehead atoms. The first-order chi connectivity index (χ1) is 9.20. The van der Waals surface area contributed by atoms with E-state index in [0.717, 1.165) is 16.9 Å². The molecule has 0 saturated carbocycles. The Kier molecular flexibility index (Phi) is 4.87. The van der Waals surface area contributed by atoms with Gasteiger partial charge in [0.1, 0.15) is 5.75 Å². The molecule has 0 heterocycles. The number of carbonyl (C=O) groups excluding carboxylic acids is 1. The van der Waals surface area contributed by atoms with Gasteiger partial charge in [0.25, 0.3) is 0 Å². The average molecular weight is 280 g/mol. The molecule has 1 aliphatic rings. The van der Waals surface area contributed by atoms with Gasteiger partial charge in [0, 0.05) is 18.4 Å². The van der Waals surface area contributed by atoms with E-state index < -0.39 is 17.3 Å². The van der Waals surface area contributed by atoms with Crippen LogP contribution in [0.25, 0.3) is 0 Å². The average Bonchev–Trinajstić information content (AvgIpc) is 2.88. The summed E-state index contributed by atoms with van der Waals surface area (Å²) >= 11 is -1.15. The van der Waals surface area contributed by atoms with E-state index in [0.29, 0.717) is 24.4 Å². The maximum absolute atomic E-state index is 12.3. The Bertz CT molecular complexity index is 470. The molecule has 0 radical (unpaired) electrons. The molecule has 0 aliphatic heterocycles. The molecule has 5 heteroatoms. The van der Waals surface area contributed by atoms with E-state index in [1.54, 1.807) is 0 Å². The monoisotopic (exact) mass is 280 g/mol. The van der Waals surface area contributed by atoms with Crippen molar-refractivity contribution in [1.29, 1.82) is 0 Å². The molecule has 19 heavy (non-hydrogen) atoms. The number of hydrogen-bond acceptors (Lipinski definition) is 4. The minimum Gasteiger partial charge on any atom is -0.611 e. The summed E-state index contributed by atoms with van der Waals surface area (Å²) in [5.41, 5.74) is 1.01. The lowest BCUT2D eigenvalue weighted by Crippen LogP contribution is -2.11. The molecule has 0 amide bonds. The molecule has 0 aromatic heterocycles. The first-order valence-electron chi connectivity index (χ1n) is 6.11. The van der Waals surface area contributed by atoms with Gasteiger partial charge < -0.3 is 14.0 Å². The lowest BCUT2D eigenvalue weighted by atomic mass is 10.2. The first-order valence-corrected chi connectivity index (χ1v) is 7.42. The summed E-state index contributed by atoms with van der Waals surface area (Å²) in [6, 6.07) is 9.64. The van der Waals surface area contributed by atoms with Crippen LogP contribution in [0.5, 0.6) is 0 Å². The summed E-state index contributed by atoms with van der Waals surface area (Å²) in [5.74, 6) is 0.964. The zero-order chi connectivity index (χ0) is 13.7. The fourth-order valence-electron chi connectivity index (χ4n) is 1.99. The van der Waals surface area contributed by atoms with Crippen molar-refractivity contribution in [2.45, 2.75) is 25.0 Å². The molecule has 0 spiro atoms. The smallest absolute Gasteiger partial charge is 0.513 e. The highest BCUT2D eigenvalue weighted by Crippen LogP contribution is 2.32. The van der Waals surface area contributed by atoms with Gasteiger partial charge in [-0.05, 0) is 17.6 Å². The summed E-state index contributed by atoms with van der Waals surface area (Å²) in [5, 5.41) is 0. The number of methoxy groups -OCH3 is 1. The fourth-order valence-corrected chi connectivity index (χ4v) is 3.43. The number of ether oxygens (including phenoxy) is 2. The van der Waals surface area contributed by atoms with Crippen LogP contribution in [0, 0.1) is 0 Å². The van der Waals surface area contributed by atoms with Crippen LogP contribution in [0.1, 0.15) is 24.8 Å². The molecular weight excluding hydrogens is 264 g/mol. The largest absolute Gasteiger partial charge is 0.611 e. The van der Waals surface area contributed by atoms with Gasteiger partial charge in [0.15, 0.2) is 10.7 Å². The summed E-state index contributed by atoms with van der Waals surface area (Å²) in [7, 11) is 1.26. The standard InChI is InChI=1S/C14H16O4S/c1-17-14(15)18-12-8-5-9-13(12)19(16)10-11-6-3-2-4-7-11/h2-4,6-7H,5,8-10H2,1H3. The molecule has 1 aliphatic carbocycles. The van der Waals surface area contributed by atoms with Gasteiger partial charge in [-0.3, -0.25) is 0 Å². The van der Waals surface area contributed by atoms with Crippen molar-refractivity contribution in [2.24, 2.45) is 0 Å². The summed E-state index contributed by atoms with van der Waals surface area (Å²) in [6.45, 7) is 0. The van der Waals surface area contributed by atoms with Gasteiger partial charge in [-0.25, -0.2) is 4.79 Å². The minimum atomic E-state index is -1.15. The van der Waals surface area contributed by atoms with E-state index in [9.17, 15) is 9.35 Å². The number of carbonyl (C=O) groups is 1. The quantitative estimate of drug-likeness (QED) is 0.628. The minimum absolute atomic E-state index is 0.449. The molecular formula is C14H16O4S. The molecule has 0 fully saturated rings. The third-order valence-electron chi connectivity index (χ3n) is 2.91. The molecule has 1 aromatic carbocycles. The van der Waals surface area contributed by atoms with Crippen molar-refractivity contribution in [3.8, 4) is 0 Å². The zero-order valence-corrected chi connectivity index (χ0v) is 11.6. The van der Waals surface area contributed by atoms with Gasteiger partial charge >= 0.3 is 6.16 Å². The third-order valence-corrected chi connectivity index (χ3v) is 4.48. The molecule has 4 nitrogen and oxygen atoms in total. The van der Waals surface area contributed by atoms with E-state index >= 15 is 0 Å². The number of rotatable bonds is 4. The lowest BCUT2D eigenvalue weighted by molar-refractivity contribution is 0.0955. The number of hydrogen-bond donors (Lipinski definition) is 0. The Morgan fingerprint density at radius 3 is 2.74 bits per heavy atom. The summed E-state index contributed by atoms with van der Waals surface area (Å²) < 4.78 is 21.8. The Labute approximate surface area is 115 Å². The van der Waals surface area contributed by atoms with Crippen LogP contribution in [0.15, 0.2) is 41.0 Å². The second-order valence-electron chi connectivity index (χ2n) is 4.23. The van der Waals surface area contributed by atoms with Crippen LogP contribution in [-0.4, -0.2) is 17.8 Å². The predicted molar refractivity (Wildman–Crippen MR) is 72.7 cm³/mol. The highest BCUT2D eigenvalue weighted by atomic mass is 32.2. The van der Waals surface area contributed by atoms with Gasteiger partial charge in [-0.1, -0.05) is 30.3 Å². The fraction of sp³-hybridized carbons (Fsp3) is 0.357. The van der Waals surface area contributed by atoms with Gasteiger partial charge in [-0.2, -0.15) is 0 Å². The Morgan fingerprint density at radius 1 is 1.32 bits per heavy atom. The van der Waals surface area contributed by atoms with Gasteiger partial charge in [-0.15, -0.1) is 0 Å². The van der Waals surface area contributed by atoms with Gasteiger partial charge in [0.05, 0.1) is 7.11 Å². The summed E-state index contributed by atoms with van der Waals surface area (Å²) in [4.78, 5) is 11.8. The first kappa shape index (κ1) is 14.0. The molecule has 0 N–H and O–H groups in total. The van der Waals surface area contributed by atoms with Gasteiger partial charge in [0.2, 0.25) is 0 Å². The molecule has 1 unspecified atom stereocenters. The van der Waals surface area contributed by atoms with Crippen molar-refractivity contribution in [1.82, 2.24) is 0 Å². The van der Waals surface area contributed by atoms with Crippen LogP contribution in [0.4, 0.5) is 4.79 Å². The van der Waals surface area contributed by atoms with E-state index in [-0.39, 0.29) is 0 Å². The Balaban J connectivity index is 2.06. The number of benzene rings is 1. The van der Waals surface area contributed by atoms with Crippen molar-refractivity contribution >= 4 is 17.3 Å². The van der Waals surface area contributed by atoms with E-state index in [1.807, 2.05) is 30.3 Å². The third kappa shape index (κ3) is 3.75. The molecule has 0 saturated heterocycles. The summed E-state index contributed by atoms with van der Waals surface area (Å²) in [6.07, 6.45) is 1.48.